The van der Waals surface area contributed by atoms with Gasteiger partial charge in [0.25, 0.3) is 10.0 Å². The highest BCUT2D eigenvalue weighted by molar-refractivity contribution is 7.89. The number of hydrogen-bond acceptors (Lipinski definition) is 5. The third-order valence-corrected chi connectivity index (χ3v) is 5.81. The summed E-state index contributed by atoms with van der Waals surface area (Å²) in [4.78, 5) is 2.32. The molecule has 0 saturated heterocycles. The summed E-state index contributed by atoms with van der Waals surface area (Å²) >= 11 is 6.27. The van der Waals surface area contributed by atoms with E-state index in [-0.39, 0.29) is 4.90 Å². The van der Waals surface area contributed by atoms with Gasteiger partial charge in [0, 0.05) is 5.56 Å². The monoisotopic (exact) mass is 444 g/mol. The molecule has 0 atom stereocenters. The number of aryl methyl sites for hydroxylation is 1. The summed E-state index contributed by atoms with van der Waals surface area (Å²) in [5.41, 5.74) is 2.52. The van der Waals surface area contributed by atoms with E-state index in [0.717, 1.165) is 16.9 Å². The Balaban J connectivity index is 1.61. The quantitative estimate of drug-likeness (QED) is 0.408. The molecule has 1 N–H and O–H groups in total. The predicted octanol–water partition coefficient (Wildman–Crippen LogP) is 4.55. The average molecular weight is 445 g/mol. The fraction of sp³-hybridized carbons (Fsp3) is 0.136. The van der Waals surface area contributed by atoms with Gasteiger partial charge >= 0.3 is 0 Å². The molecule has 0 radical (unpaired) electrons. The van der Waals surface area contributed by atoms with Crippen molar-refractivity contribution in [1.29, 1.82) is 0 Å². The molecule has 0 aliphatic rings. The molecule has 8 heteroatoms. The van der Waals surface area contributed by atoms with E-state index in [1.807, 2.05) is 31.2 Å². The molecule has 0 bridgehead atoms. The molecular weight excluding hydrogens is 424 g/mol. The molecule has 0 spiro atoms. The van der Waals surface area contributed by atoms with Gasteiger partial charge in [0.05, 0.1) is 23.2 Å². The summed E-state index contributed by atoms with van der Waals surface area (Å²) in [6.45, 7) is 2.26. The molecule has 0 amide bonds. The number of rotatable bonds is 8. The first-order valence-electron chi connectivity index (χ1n) is 9.04. The molecule has 156 valence electrons. The lowest BCUT2D eigenvalue weighted by Crippen LogP contribution is -2.18. The van der Waals surface area contributed by atoms with Crippen molar-refractivity contribution >= 4 is 27.8 Å². The molecule has 6 nitrogen and oxygen atoms in total. The number of halogens is 1. The van der Waals surface area contributed by atoms with E-state index in [0.29, 0.717) is 22.9 Å². The standard InChI is InChI=1S/C22H21ClN2O4S/c1-16-3-11-21(12-4-16)30(26,27)25-24-14-18-7-10-20(13-22(18)23)29-15-17-5-8-19(28-2)9-6-17/h3-14,25H,15H2,1-2H3. The summed E-state index contributed by atoms with van der Waals surface area (Å²) in [6, 6.07) is 19.2. The summed E-state index contributed by atoms with van der Waals surface area (Å²) in [5, 5.41) is 4.20. The van der Waals surface area contributed by atoms with Crippen LogP contribution in [0.5, 0.6) is 11.5 Å². The van der Waals surface area contributed by atoms with Gasteiger partial charge in [-0.25, -0.2) is 4.83 Å². The number of benzene rings is 3. The first-order valence-corrected chi connectivity index (χ1v) is 10.9. The van der Waals surface area contributed by atoms with E-state index >= 15 is 0 Å². The lowest BCUT2D eigenvalue weighted by Gasteiger charge is -2.08. The summed E-state index contributed by atoms with van der Waals surface area (Å²) in [5.74, 6) is 1.37. The molecule has 0 aromatic heterocycles. The fourth-order valence-corrected chi connectivity index (χ4v) is 3.54. The molecule has 3 aromatic rings. The van der Waals surface area contributed by atoms with Crippen LogP contribution in [-0.4, -0.2) is 21.7 Å². The van der Waals surface area contributed by atoms with Crippen molar-refractivity contribution in [1.82, 2.24) is 4.83 Å². The van der Waals surface area contributed by atoms with Crippen molar-refractivity contribution in [2.45, 2.75) is 18.4 Å². The second-order valence-corrected chi connectivity index (χ2v) is 8.55. The first-order chi connectivity index (χ1) is 14.4. The minimum atomic E-state index is -3.74. The molecule has 3 rings (SSSR count). The highest BCUT2D eigenvalue weighted by Crippen LogP contribution is 2.23. The second-order valence-electron chi connectivity index (χ2n) is 6.49. The maximum absolute atomic E-state index is 12.2. The normalized spacial score (nSPS) is 11.4. The summed E-state index contributed by atoms with van der Waals surface area (Å²) in [7, 11) is -2.12. The molecule has 0 saturated carbocycles. The fourth-order valence-electron chi connectivity index (χ4n) is 2.53. The lowest BCUT2D eigenvalue weighted by molar-refractivity contribution is 0.306. The molecule has 3 aromatic carbocycles. The van der Waals surface area contributed by atoms with Crippen LogP contribution in [0, 0.1) is 6.92 Å². The Kier molecular flexibility index (Phi) is 6.97. The number of nitrogens with zero attached hydrogens (tertiary/aromatic N) is 1. The van der Waals surface area contributed by atoms with Gasteiger partial charge in [-0.1, -0.05) is 41.4 Å². The van der Waals surface area contributed by atoms with Gasteiger partial charge in [0.2, 0.25) is 0 Å². The van der Waals surface area contributed by atoms with Crippen LogP contribution >= 0.6 is 11.6 Å². The number of sulfonamides is 1. The SMILES string of the molecule is COc1ccc(COc2ccc(C=NNS(=O)(=O)c3ccc(C)cc3)c(Cl)c2)cc1. The van der Waals surface area contributed by atoms with Crippen LogP contribution in [-0.2, 0) is 16.6 Å². The second kappa shape index (κ2) is 9.65. The van der Waals surface area contributed by atoms with Crippen molar-refractivity contribution in [3.8, 4) is 11.5 Å². The van der Waals surface area contributed by atoms with Crippen LogP contribution in [0.25, 0.3) is 0 Å². The first kappa shape index (κ1) is 21.7. The Morgan fingerprint density at radius 3 is 2.30 bits per heavy atom. The van der Waals surface area contributed by atoms with Crippen LogP contribution in [0.2, 0.25) is 5.02 Å². The summed E-state index contributed by atoms with van der Waals surface area (Å²) < 4.78 is 35.4. The Morgan fingerprint density at radius 2 is 1.67 bits per heavy atom. The maximum Gasteiger partial charge on any atom is 0.276 e. The molecular formula is C22H21ClN2O4S. The topological polar surface area (TPSA) is 77.0 Å². The molecule has 0 heterocycles. The Bertz CT molecular complexity index is 1130. The van der Waals surface area contributed by atoms with Gasteiger partial charge in [-0.05, 0) is 55.0 Å². The van der Waals surface area contributed by atoms with Crippen LogP contribution in [0.3, 0.4) is 0 Å². The largest absolute Gasteiger partial charge is 0.497 e. The molecule has 30 heavy (non-hydrogen) atoms. The van der Waals surface area contributed by atoms with Crippen molar-refractivity contribution in [3.63, 3.8) is 0 Å². The number of nitrogens with one attached hydrogen (secondary N) is 1. The number of hydrogen-bond donors (Lipinski definition) is 1. The van der Waals surface area contributed by atoms with E-state index in [1.165, 1.54) is 18.3 Å². The molecule has 0 aliphatic heterocycles. The van der Waals surface area contributed by atoms with Crippen molar-refractivity contribution in [3.05, 3.63) is 88.4 Å². The van der Waals surface area contributed by atoms with Crippen LogP contribution in [0.1, 0.15) is 16.7 Å². The van der Waals surface area contributed by atoms with Crippen LogP contribution in [0.4, 0.5) is 0 Å². The number of ether oxygens (including phenoxy) is 2. The summed E-state index contributed by atoms with van der Waals surface area (Å²) in [6.07, 6.45) is 1.35. The van der Waals surface area contributed by atoms with Crippen molar-refractivity contribution in [2.24, 2.45) is 5.10 Å². The predicted molar refractivity (Wildman–Crippen MR) is 118 cm³/mol. The van der Waals surface area contributed by atoms with Crippen molar-refractivity contribution < 1.29 is 17.9 Å². The Morgan fingerprint density at radius 1 is 1.00 bits per heavy atom. The van der Waals surface area contributed by atoms with E-state index < -0.39 is 10.0 Å². The van der Waals surface area contributed by atoms with Gasteiger partial charge < -0.3 is 9.47 Å². The average Bonchev–Trinajstić information content (AvgIpc) is 2.74. The van der Waals surface area contributed by atoms with E-state index in [9.17, 15) is 8.42 Å². The maximum atomic E-state index is 12.2. The molecule has 0 unspecified atom stereocenters. The minimum absolute atomic E-state index is 0.138. The zero-order valence-electron chi connectivity index (χ0n) is 16.5. The van der Waals surface area contributed by atoms with E-state index in [4.69, 9.17) is 21.1 Å². The van der Waals surface area contributed by atoms with Gasteiger partial charge in [0.15, 0.2) is 0 Å². The minimum Gasteiger partial charge on any atom is -0.497 e. The van der Waals surface area contributed by atoms with Crippen LogP contribution < -0.4 is 14.3 Å². The third kappa shape index (κ3) is 5.75. The zero-order chi connectivity index (χ0) is 21.6. The Hall–Kier alpha value is -3.03. The Labute approximate surface area is 181 Å². The van der Waals surface area contributed by atoms with Gasteiger partial charge in [0.1, 0.15) is 18.1 Å². The van der Waals surface area contributed by atoms with Gasteiger partial charge in [-0.3, -0.25) is 0 Å². The lowest BCUT2D eigenvalue weighted by atomic mass is 10.2. The molecule has 0 aliphatic carbocycles. The van der Waals surface area contributed by atoms with Gasteiger partial charge in [-0.2, -0.15) is 13.5 Å². The van der Waals surface area contributed by atoms with Crippen LogP contribution in [0.15, 0.2) is 76.7 Å². The highest BCUT2D eigenvalue weighted by atomic mass is 35.5. The zero-order valence-corrected chi connectivity index (χ0v) is 18.1. The van der Waals surface area contributed by atoms with Crippen molar-refractivity contribution in [2.75, 3.05) is 7.11 Å². The molecule has 0 fully saturated rings. The van der Waals surface area contributed by atoms with E-state index in [2.05, 4.69) is 9.93 Å². The highest BCUT2D eigenvalue weighted by Gasteiger charge is 2.12. The third-order valence-electron chi connectivity index (χ3n) is 4.24. The van der Waals surface area contributed by atoms with Gasteiger partial charge in [-0.15, -0.1) is 0 Å². The smallest absolute Gasteiger partial charge is 0.276 e. The number of methoxy groups -OCH3 is 1. The van der Waals surface area contributed by atoms with E-state index in [1.54, 1.807) is 37.4 Å². The number of hydrazone groups is 1.